The first-order valence-electron chi connectivity index (χ1n) is 4.26. The van der Waals surface area contributed by atoms with Gasteiger partial charge in [-0.05, 0) is 0 Å². The second kappa shape index (κ2) is 8.64. The second-order valence-electron chi connectivity index (χ2n) is 2.84. The first kappa shape index (κ1) is 17.9. The topological polar surface area (TPSA) is 192 Å². The van der Waals surface area contributed by atoms with Crippen molar-refractivity contribution < 1.29 is 44.4 Å². The molecule has 0 saturated heterocycles. The number of carboxylic acid groups (broad SMARTS) is 4. The Kier molecular flexibility index (Phi) is 8.59. The van der Waals surface area contributed by atoms with Crippen LogP contribution in [-0.4, -0.2) is 56.1 Å². The monoisotopic (exact) mass is 265 g/mol. The maximum absolute atomic E-state index is 9.97. The fourth-order valence-electron chi connectivity index (χ4n) is 0.488. The zero-order valence-electron chi connectivity index (χ0n) is 8.90. The molecule has 0 heterocycles. The van der Waals surface area contributed by atoms with Crippen molar-refractivity contribution in [1.29, 1.82) is 0 Å². The van der Waals surface area contributed by atoms with Gasteiger partial charge in [0.25, 0.3) is 5.78 Å². The number of carbonyl (C=O) groups is 5. The summed E-state index contributed by atoms with van der Waals surface area (Å²) in [6, 6.07) is -1.29. The smallest absolute Gasteiger partial charge is 0.372 e. The van der Waals surface area contributed by atoms with Crippen LogP contribution in [0.5, 0.6) is 0 Å². The molecule has 0 aliphatic rings. The molecule has 0 aliphatic heterocycles. The van der Waals surface area contributed by atoms with Crippen molar-refractivity contribution >= 4 is 29.7 Å². The van der Waals surface area contributed by atoms with Gasteiger partial charge in [0.15, 0.2) is 0 Å². The fraction of sp³-hybridized carbons (Fsp3) is 0.375. The molecule has 6 N–H and O–H groups in total. The predicted molar refractivity (Wildman–Crippen MR) is 52.8 cm³/mol. The highest BCUT2D eigenvalue weighted by molar-refractivity contribution is 6.35. The van der Waals surface area contributed by atoms with Crippen LogP contribution in [0.1, 0.15) is 12.8 Å². The molecule has 10 nitrogen and oxygen atoms in total. The molecule has 0 aromatic carbocycles. The molecule has 102 valence electrons. The molecule has 0 saturated carbocycles. The maximum atomic E-state index is 9.97. The van der Waals surface area contributed by atoms with Gasteiger partial charge in [0.2, 0.25) is 0 Å². The van der Waals surface area contributed by atoms with Gasteiger partial charge in [-0.3, -0.25) is 19.2 Å². The lowest BCUT2D eigenvalue weighted by atomic mass is 10.2. The van der Waals surface area contributed by atoms with Crippen molar-refractivity contribution in [3.63, 3.8) is 0 Å². The molecule has 0 rings (SSSR count). The Morgan fingerprint density at radius 1 is 0.889 bits per heavy atom. The Bertz CT molecular complexity index is 362. The van der Waals surface area contributed by atoms with Crippen molar-refractivity contribution in [2.75, 3.05) is 0 Å². The van der Waals surface area contributed by atoms with Crippen molar-refractivity contribution in [2.24, 2.45) is 5.73 Å². The van der Waals surface area contributed by atoms with Crippen LogP contribution >= 0.6 is 0 Å². The Balaban J connectivity index is 0. The molecule has 0 bridgehead atoms. The SMILES string of the molecule is NC(CC(=O)O)C(=O)O.O=C(O)CC(=O)C(=O)O. The van der Waals surface area contributed by atoms with Gasteiger partial charge in [0.05, 0.1) is 6.42 Å². The van der Waals surface area contributed by atoms with E-state index in [1.54, 1.807) is 0 Å². The van der Waals surface area contributed by atoms with Crippen molar-refractivity contribution in [3.8, 4) is 0 Å². The largest absolute Gasteiger partial charge is 0.481 e. The van der Waals surface area contributed by atoms with E-state index in [0.29, 0.717) is 0 Å². The molecule has 0 aromatic heterocycles. The standard InChI is InChI=1S/C4H7NO4.C4H4O5/c2*5-2(4(8)9)1-3(6)7/h2H,1,5H2,(H,6,7)(H,8,9);1H2,(H,6,7)(H,8,9). The number of Topliss-reactive ketones (excluding diaryl/α,β-unsaturated/α-hetero) is 1. The summed E-state index contributed by atoms with van der Waals surface area (Å²) < 4.78 is 0. The number of ketones is 1. The van der Waals surface area contributed by atoms with Gasteiger partial charge >= 0.3 is 23.9 Å². The summed E-state index contributed by atoms with van der Waals surface area (Å²) in [7, 11) is 0. The summed E-state index contributed by atoms with van der Waals surface area (Å²) in [4.78, 5) is 48.8. The highest BCUT2D eigenvalue weighted by Crippen LogP contribution is 1.86. The molecule has 0 radical (unpaired) electrons. The van der Waals surface area contributed by atoms with Crippen LogP contribution < -0.4 is 5.73 Å². The molecular formula is C8H11NO9. The average molecular weight is 265 g/mol. The lowest BCUT2D eigenvalue weighted by Crippen LogP contribution is -2.32. The van der Waals surface area contributed by atoms with Crippen molar-refractivity contribution in [3.05, 3.63) is 0 Å². The molecule has 10 heteroatoms. The molecule has 0 aliphatic carbocycles. The van der Waals surface area contributed by atoms with Gasteiger partial charge in [-0.2, -0.15) is 0 Å². The molecular weight excluding hydrogens is 254 g/mol. The Labute approximate surface area is 99.6 Å². The number of hydrogen-bond donors (Lipinski definition) is 5. The minimum atomic E-state index is -1.71. The highest BCUT2D eigenvalue weighted by Gasteiger charge is 2.15. The number of hydrogen-bond acceptors (Lipinski definition) is 6. The second-order valence-corrected chi connectivity index (χ2v) is 2.84. The summed E-state index contributed by atoms with van der Waals surface area (Å²) >= 11 is 0. The molecule has 0 spiro atoms. The van der Waals surface area contributed by atoms with Crippen molar-refractivity contribution in [1.82, 2.24) is 0 Å². The van der Waals surface area contributed by atoms with Crippen LogP contribution in [0.25, 0.3) is 0 Å². The zero-order valence-corrected chi connectivity index (χ0v) is 8.90. The summed E-state index contributed by atoms with van der Waals surface area (Å²) in [5.74, 6) is -6.94. The van der Waals surface area contributed by atoms with E-state index in [-0.39, 0.29) is 0 Å². The molecule has 18 heavy (non-hydrogen) atoms. The lowest BCUT2D eigenvalue weighted by molar-refractivity contribution is -0.152. The number of nitrogens with two attached hydrogens (primary N) is 1. The molecule has 0 aromatic rings. The van der Waals surface area contributed by atoms with Crippen LogP contribution in [0.15, 0.2) is 0 Å². The first-order valence-corrected chi connectivity index (χ1v) is 4.26. The quantitative estimate of drug-likeness (QED) is 0.264. The van der Waals surface area contributed by atoms with E-state index in [9.17, 15) is 24.0 Å². The van der Waals surface area contributed by atoms with E-state index < -0.39 is 48.5 Å². The van der Waals surface area contributed by atoms with Crippen LogP contribution in [0.4, 0.5) is 0 Å². The lowest BCUT2D eigenvalue weighted by Gasteiger charge is -1.99. The van der Waals surface area contributed by atoms with E-state index in [1.165, 1.54) is 0 Å². The van der Waals surface area contributed by atoms with Crippen LogP contribution in [0.3, 0.4) is 0 Å². The van der Waals surface area contributed by atoms with Gasteiger partial charge in [-0.25, -0.2) is 4.79 Å². The van der Waals surface area contributed by atoms with Crippen LogP contribution in [0.2, 0.25) is 0 Å². The van der Waals surface area contributed by atoms with E-state index in [1.807, 2.05) is 0 Å². The highest BCUT2D eigenvalue weighted by atomic mass is 16.4. The summed E-state index contributed by atoms with van der Waals surface area (Å²) in [5, 5.41) is 31.7. The van der Waals surface area contributed by atoms with E-state index in [0.717, 1.165) is 0 Å². The minimum Gasteiger partial charge on any atom is -0.481 e. The third-order valence-corrected chi connectivity index (χ3v) is 1.26. The number of aliphatic carboxylic acids is 4. The number of carboxylic acids is 4. The van der Waals surface area contributed by atoms with Crippen LogP contribution in [-0.2, 0) is 24.0 Å². The van der Waals surface area contributed by atoms with E-state index in [4.69, 9.17) is 26.2 Å². The molecule has 1 atom stereocenters. The van der Waals surface area contributed by atoms with E-state index >= 15 is 0 Å². The molecule has 1 unspecified atom stereocenters. The number of carbonyl (C=O) groups excluding carboxylic acids is 1. The third kappa shape index (κ3) is 11.6. The molecule has 0 fully saturated rings. The van der Waals surface area contributed by atoms with E-state index in [2.05, 4.69) is 0 Å². The first-order chi connectivity index (χ1) is 8.07. The molecule has 0 amide bonds. The zero-order chi connectivity index (χ0) is 14.9. The van der Waals surface area contributed by atoms with Crippen LogP contribution in [0, 0.1) is 0 Å². The normalized spacial score (nSPS) is 10.5. The third-order valence-electron chi connectivity index (χ3n) is 1.26. The Morgan fingerprint density at radius 2 is 1.33 bits per heavy atom. The van der Waals surface area contributed by atoms with Gasteiger partial charge in [0.1, 0.15) is 12.5 Å². The fourth-order valence-corrected chi connectivity index (χ4v) is 0.488. The maximum Gasteiger partial charge on any atom is 0.372 e. The average Bonchev–Trinajstić information content (AvgIpc) is 2.16. The van der Waals surface area contributed by atoms with Gasteiger partial charge < -0.3 is 26.2 Å². The Hall–Kier alpha value is -2.49. The summed E-state index contributed by atoms with van der Waals surface area (Å²) in [6.45, 7) is 0. The minimum absolute atomic E-state index is 0.532. The predicted octanol–water partition coefficient (Wildman–Crippen LogP) is -2.01. The Morgan fingerprint density at radius 3 is 1.44 bits per heavy atom. The van der Waals surface area contributed by atoms with Crippen molar-refractivity contribution in [2.45, 2.75) is 18.9 Å². The summed E-state index contributed by atoms with van der Waals surface area (Å²) in [5.41, 5.74) is 4.84. The van der Waals surface area contributed by atoms with Gasteiger partial charge in [-0.15, -0.1) is 0 Å². The number of rotatable bonds is 6. The van der Waals surface area contributed by atoms with Gasteiger partial charge in [-0.1, -0.05) is 0 Å². The summed E-state index contributed by atoms with van der Waals surface area (Å²) in [6.07, 6.45) is -1.48. The van der Waals surface area contributed by atoms with Gasteiger partial charge in [0, 0.05) is 0 Å².